The van der Waals surface area contributed by atoms with Crippen molar-refractivity contribution >= 4 is 29.0 Å². The number of carbonyl (C=O) groups is 1. The van der Waals surface area contributed by atoms with Crippen LogP contribution in [0.2, 0.25) is 0 Å². The van der Waals surface area contributed by atoms with Crippen molar-refractivity contribution in [1.29, 1.82) is 0 Å². The molecule has 0 aliphatic carbocycles. The summed E-state index contributed by atoms with van der Waals surface area (Å²) in [7, 11) is 3.25. The first-order chi connectivity index (χ1) is 15.1. The first-order valence-electron chi connectivity index (χ1n) is 10.6. The zero-order valence-corrected chi connectivity index (χ0v) is 19.3. The fourth-order valence-corrected chi connectivity index (χ4v) is 5.05. The number of aldehydes is 1. The van der Waals surface area contributed by atoms with Crippen molar-refractivity contribution in [3.8, 4) is 22.8 Å². The molecule has 2 aromatic carbocycles. The van der Waals surface area contributed by atoms with Gasteiger partial charge in [0.15, 0.2) is 11.5 Å². The highest BCUT2D eigenvalue weighted by molar-refractivity contribution is 7.99. The SMILES string of the molecule is COc1ccc(-c2oc3ccc(C(C=O)N4CCC(C)CC4)cc3c2SC)cc1OC. The van der Waals surface area contributed by atoms with Gasteiger partial charge in [-0.3, -0.25) is 4.90 Å². The van der Waals surface area contributed by atoms with E-state index < -0.39 is 0 Å². The number of hydrogen-bond acceptors (Lipinski definition) is 6. The van der Waals surface area contributed by atoms with Crippen molar-refractivity contribution in [3.05, 3.63) is 42.0 Å². The van der Waals surface area contributed by atoms with E-state index in [-0.39, 0.29) is 6.04 Å². The number of hydrogen-bond donors (Lipinski definition) is 0. The molecule has 2 heterocycles. The van der Waals surface area contributed by atoms with Gasteiger partial charge in [-0.15, -0.1) is 11.8 Å². The molecule has 1 fully saturated rings. The highest BCUT2D eigenvalue weighted by atomic mass is 32.2. The standard InChI is InChI=1S/C25H29NO4S/c1-16-9-11-26(12-10-16)20(15-27)17-5-7-21-19(13-17)25(31-4)24(30-21)18-6-8-22(28-2)23(14-18)29-3/h5-8,13-16,20H,9-12H2,1-4H3. The zero-order chi connectivity index (χ0) is 22.0. The number of likely N-dealkylation sites (tertiary alicyclic amines) is 1. The Bertz CT molecular complexity index is 1070. The molecule has 0 bridgehead atoms. The normalized spacial score (nSPS) is 16.4. The molecular weight excluding hydrogens is 410 g/mol. The van der Waals surface area contributed by atoms with Gasteiger partial charge < -0.3 is 18.7 Å². The molecule has 1 atom stereocenters. The maximum absolute atomic E-state index is 12.0. The van der Waals surface area contributed by atoms with Crippen LogP contribution in [0, 0.1) is 5.92 Å². The maximum Gasteiger partial charge on any atom is 0.161 e. The van der Waals surface area contributed by atoms with Crippen LogP contribution in [0.1, 0.15) is 31.4 Å². The Morgan fingerprint density at radius 2 is 1.84 bits per heavy atom. The number of carbonyl (C=O) groups excluding carboxylic acids is 1. The number of thioether (sulfide) groups is 1. The molecular formula is C25H29NO4S. The Kier molecular flexibility index (Phi) is 6.58. The second-order valence-corrected chi connectivity index (χ2v) is 8.91. The predicted molar refractivity (Wildman–Crippen MR) is 125 cm³/mol. The number of furan rings is 1. The first kappa shape index (κ1) is 21.8. The molecule has 3 aromatic rings. The van der Waals surface area contributed by atoms with Crippen LogP contribution in [0.4, 0.5) is 0 Å². The van der Waals surface area contributed by atoms with E-state index in [0.717, 1.165) is 70.9 Å². The lowest BCUT2D eigenvalue weighted by atomic mass is 9.96. The van der Waals surface area contributed by atoms with E-state index in [2.05, 4.69) is 17.9 Å². The minimum atomic E-state index is -0.217. The van der Waals surface area contributed by atoms with E-state index in [9.17, 15) is 4.79 Å². The van der Waals surface area contributed by atoms with Gasteiger partial charge >= 0.3 is 0 Å². The smallest absolute Gasteiger partial charge is 0.161 e. The van der Waals surface area contributed by atoms with Crippen molar-refractivity contribution in [2.24, 2.45) is 5.92 Å². The third kappa shape index (κ3) is 4.19. The summed E-state index contributed by atoms with van der Waals surface area (Å²) in [6.45, 7) is 4.20. The van der Waals surface area contributed by atoms with Gasteiger partial charge in [0.05, 0.1) is 25.2 Å². The molecule has 0 radical (unpaired) electrons. The van der Waals surface area contributed by atoms with E-state index in [1.165, 1.54) is 0 Å². The van der Waals surface area contributed by atoms with Crippen LogP contribution < -0.4 is 9.47 Å². The van der Waals surface area contributed by atoms with Gasteiger partial charge in [0, 0.05) is 10.9 Å². The Labute approximate surface area is 187 Å². The van der Waals surface area contributed by atoms with Crippen molar-refractivity contribution < 1.29 is 18.7 Å². The molecule has 1 aromatic heterocycles. The number of benzene rings is 2. The minimum Gasteiger partial charge on any atom is -0.493 e. The van der Waals surface area contributed by atoms with Gasteiger partial charge in [0.1, 0.15) is 17.6 Å². The molecule has 0 amide bonds. The first-order valence-corrected chi connectivity index (χ1v) is 11.8. The van der Waals surface area contributed by atoms with Gasteiger partial charge in [-0.1, -0.05) is 13.0 Å². The summed E-state index contributed by atoms with van der Waals surface area (Å²) in [5.41, 5.74) is 2.76. The van der Waals surface area contributed by atoms with Crippen molar-refractivity contribution in [2.45, 2.75) is 30.7 Å². The molecule has 5 nitrogen and oxygen atoms in total. The summed E-state index contributed by atoms with van der Waals surface area (Å²) in [6, 6.07) is 11.7. The van der Waals surface area contributed by atoms with E-state index in [1.807, 2.05) is 36.6 Å². The quantitative estimate of drug-likeness (QED) is 0.342. The van der Waals surface area contributed by atoms with E-state index >= 15 is 0 Å². The summed E-state index contributed by atoms with van der Waals surface area (Å²) < 4.78 is 17.1. The molecule has 1 saturated heterocycles. The van der Waals surface area contributed by atoms with Gasteiger partial charge in [-0.05, 0) is 74.0 Å². The summed E-state index contributed by atoms with van der Waals surface area (Å²) in [4.78, 5) is 15.4. The van der Waals surface area contributed by atoms with Gasteiger partial charge in [0.2, 0.25) is 0 Å². The summed E-state index contributed by atoms with van der Waals surface area (Å²) >= 11 is 1.65. The third-order valence-corrected chi connectivity index (χ3v) is 7.01. The lowest BCUT2D eigenvalue weighted by molar-refractivity contribution is -0.113. The third-order valence-electron chi connectivity index (χ3n) is 6.20. The van der Waals surface area contributed by atoms with Crippen LogP contribution in [-0.2, 0) is 4.79 Å². The monoisotopic (exact) mass is 439 g/mol. The number of fused-ring (bicyclic) bond motifs is 1. The minimum absolute atomic E-state index is 0.217. The Morgan fingerprint density at radius 1 is 1.10 bits per heavy atom. The topological polar surface area (TPSA) is 51.9 Å². The number of rotatable bonds is 7. The predicted octanol–water partition coefficient (Wildman–Crippen LogP) is 5.81. The summed E-state index contributed by atoms with van der Waals surface area (Å²) in [5.74, 6) is 2.87. The molecule has 0 saturated carbocycles. The average molecular weight is 440 g/mol. The molecule has 0 N–H and O–H groups in total. The Hall–Kier alpha value is -2.44. The molecule has 0 spiro atoms. The molecule has 1 aliphatic rings. The van der Waals surface area contributed by atoms with Crippen LogP contribution in [0.25, 0.3) is 22.3 Å². The largest absolute Gasteiger partial charge is 0.493 e. The van der Waals surface area contributed by atoms with Crippen LogP contribution in [0.15, 0.2) is 45.7 Å². The van der Waals surface area contributed by atoms with E-state index in [1.54, 1.807) is 26.0 Å². The lowest BCUT2D eigenvalue weighted by Gasteiger charge is -2.34. The molecule has 1 aliphatic heterocycles. The number of nitrogens with zero attached hydrogens (tertiary/aromatic N) is 1. The fourth-order valence-electron chi connectivity index (χ4n) is 4.33. The Morgan fingerprint density at radius 3 is 2.48 bits per heavy atom. The van der Waals surface area contributed by atoms with E-state index in [0.29, 0.717) is 11.5 Å². The van der Waals surface area contributed by atoms with Crippen LogP contribution in [-0.4, -0.2) is 44.8 Å². The molecule has 31 heavy (non-hydrogen) atoms. The van der Waals surface area contributed by atoms with Crippen LogP contribution in [0.3, 0.4) is 0 Å². The van der Waals surface area contributed by atoms with Crippen molar-refractivity contribution in [3.63, 3.8) is 0 Å². The molecule has 6 heteroatoms. The van der Waals surface area contributed by atoms with E-state index in [4.69, 9.17) is 13.9 Å². The molecule has 164 valence electrons. The van der Waals surface area contributed by atoms with Crippen molar-refractivity contribution in [2.75, 3.05) is 33.6 Å². The number of ether oxygens (including phenoxy) is 2. The number of methoxy groups -OCH3 is 2. The van der Waals surface area contributed by atoms with Crippen LogP contribution >= 0.6 is 11.8 Å². The highest BCUT2D eigenvalue weighted by Crippen LogP contribution is 2.42. The average Bonchev–Trinajstić information content (AvgIpc) is 3.18. The number of piperidine rings is 1. The highest BCUT2D eigenvalue weighted by Gasteiger charge is 2.25. The summed E-state index contributed by atoms with van der Waals surface area (Å²) in [5, 5.41) is 1.03. The van der Waals surface area contributed by atoms with Crippen molar-refractivity contribution in [1.82, 2.24) is 4.90 Å². The maximum atomic E-state index is 12.0. The Balaban J connectivity index is 1.74. The lowest BCUT2D eigenvalue weighted by Crippen LogP contribution is -2.36. The second-order valence-electron chi connectivity index (χ2n) is 8.09. The second kappa shape index (κ2) is 9.37. The molecule has 1 unspecified atom stereocenters. The zero-order valence-electron chi connectivity index (χ0n) is 18.5. The van der Waals surface area contributed by atoms with Gasteiger partial charge in [0.25, 0.3) is 0 Å². The van der Waals surface area contributed by atoms with Gasteiger partial charge in [-0.25, -0.2) is 0 Å². The molecule has 4 rings (SSSR count). The fraction of sp³-hybridized carbons (Fsp3) is 0.400. The summed E-state index contributed by atoms with van der Waals surface area (Å²) in [6.07, 6.45) is 5.39. The van der Waals surface area contributed by atoms with Crippen LogP contribution in [0.5, 0.6) is 11.5 Å². The van der Waals surface area contributed by atoms with Gasteiger partial charge in [-0.2, -0.15) is 0 Å².